The topological polar surface area (TPSA) is 58.4 Å². The second-order valence-corrected chi connectivity index (χ2v) is 5.13. The Balaban J connectivity index is 2.24. The molecular formula is C14H12F7N3O3. The van der Waals surface area contributed by atoms with Gasteiger partial charge in [-0.3, -0.25) is 0 Å². The van der Waals surface area contributed by atoms with Crippen molar-refractivity contribution in [2.75, 3.05) is 13.7 Å². The van der Waals surface area contributed by atoms with Crippen molar-refractivity contribution < 1.29 is 44.9 Å². The lowest BCUT2D eigenvalue weighted by Gasteiger charge is -2.16. The lowest BCUT2D eigenvalue weighted by molar-refractivity contribution is -0.148. The van der Waals surface area contributed by atoms with E-state index in [0.29, 0.717) is 6.07 Å². The summed E-state index contributed by atoms with van der Waals surface area (Å²) in [6, 6.07) is 2.73. The van der Waals surface area contributed by atoms with Crippen LogP contribution in [0.5, 0.6) is 23.4 Å². The van der Waals surface area contributed by atoms with Gasteiger partial charge in [-0.2, -0.15) is 32.0 Å². The quantitative estimate of drug-likeness (QED) is 0.656. The summed E-state index contributed by atoms with van der Waals surface area (Å²) in [5.74, 6) is -5.75. The predicted octanol–water partition coefficient (Wildman–Crippen LogP) is 3.91. The van der Waals surface area contributed by atoms with Crippen LogP contribution in [-0.2, 0) is 13.2 Å². The Bertz CT molecular complexity index is 793. The molecule has 0 radical (unpaired) electrons. The first-order valence-electron chi connectivity index (χ1n) is 7.06. The third-order valence-corrected chi connectivity index (χ3v) is 3.06. The molecule has 2 aromatic rings. The number of hydrogen-bond acceptors (Lipinski definition) is 5. The fourth-order valence-corrected chi connectivity index (χ4v) is 1.73. The molecule has 0 aliphatic heterocycles. The third kappa shape index (κ3) is 5.14. The fourth-order valence-electron chi connectivity index (χ4n) is 1.73. The van der Waals surface area contributed by atoms with Gasteiger partial charge in [-0.05, 0) is 0 Å². The van der Waals surface area contributed by atoms with Crippen molar-refractivity contribution in [1.82, 2.24) is 14.8 Å². The molecule has 2 aromatic heterocycles. The van der Waals surface area contributed by atoms with Crippen LogP contribution in [0.2, 0.25) is 0 Å². The molecule has 0 aliphatic rings. The number of halogens is 7. The second kappa shape index (κ2) is 7.48. The van der Waals surface area contributed by atoms with Crippen molar-refractivity contribution in [3.05, 3.63) is 23.9 Å². The number of pyridine rings is 1. The Kier molecular flexibility index (Phi) is 5.70. The zero-order valence-electron chi connectivity index (χ0n) is 13.7. The van der Waals surface area contributed by atoms with Crippen LogP contribution in [0.15, 0.2) is 18.2 Å². The highest BCUT2D eigenvalue weighted by Crippen LogP contribution is 2.33. The number of hydrogen-bond donors (Lipinski definition) is 0. The van der Waals surface area contributed by atoms with Crippen molar-refractivity contribution in [2.24, 2.45) is 7.05 Å². The maximum Gasteiger partial charge on any atom is 0.435 e. The molecule has 2 rings (SSSR count). The maximum atomic E-state index is 12.9. The summed E-state index contributed by atoms with van der Waals surface area (Å²) < 4.78 is 104. The van der Waals surface area contributed by atoms with Crippen molar-refractivity contribution in [3.63, 3.8) is 0 Å². The van der Waals surface area contributed by atoms with Gasteiger partial charge in [0.05, 0.1) is 7.11 Å². The normalized spacial score (nSPS) is 12.4. The SMILES string of the molecule is COc1cc(OCC(F)(F)C(F)F)nc(Oc2cc(C(F)(F)F)nn2C)c1. The summed E-state index contributed by atoms with van der Waals surface area (Å²) in [4.78, 5) is 3.63. The van der Waals surface area contributed by atoms with Crippen LogP contribution in [0.25, 0.3) is 0 Å². The summed E-state index contributed by atoms with van der Waals surface area (Å²) in [6.45, 7) is -1.67. The van der Waals surface area contributed by atoms with Gasteiger partial charge in [0.2, 0.25) is 17.6 Å². The lowest BCUT2D eigenvalue weighted by Crippen LogP contribution is -2.33. The minimum Gasteiger partial charge on any atom is -0.496 e. The maximum absolute atomic E-state index is 12.9. The molecule has 0 atom stereocenters. The highest BCUT2D eigenvalue weighted by molar-refractivity contribution is 5.35. The van der Waals surface area contributed by atoms with Gasteiger partial charge in [0, 0.05) is 25.2 Å². The molecule has 27 heavy (non-hydrogen) atoms. The number of rotatable bonds is 7. The third-order valence-electron chi connectivity index (χ3n) is 3.06. The van der Waals surface area contributed by atoms with Crippen LogP contribution in [0.1, 0.15) is 5.69 Å². The number of nitrogens with zero attached hydrogens (tertiary/aromatic N) is 3. The molecule has 0 amide bonds. The molecular weight excluding hydrogens is 391 g/mol. The van der Waals surface area contributed by atoms with E-state index in [1.807, 2.05) is 0 Å². The van der Waals surface area contributed by atoms with E-state index >= 15 is 0 Å². The molecule has 2 heterocycles. The van der Waals surface area contributed by atoms with E-state index in [-0.39, 0.29) is 17.5 Å². The van der Waals surface area contributed by atoms with E-state index in [0.717, 1.165) is 16.8 Å². The Morgan fingerprint density at radius 2 is 1.70 bits per heavy atom. The minimum atomic E-state index is -4.71. The summed E-state index contributed by atoms with van der Waals surface area (Å²) in [7, 11) is 2.37. The van der Waals surface area contributed by atoms with Crippen LogP contribution in [-0.4, -0.2) is 40.8 Å². The van der Waals surface area contributed by atoms with E-state index < -0.39 is 36.7 Å². The van der Waals surface area contributed by atoms with E-state index in [1.165, 1.54) is 14.2 Å². The van der Waals surface area contributed by atoms with Gasteiger partial charge in [0.15, 0.2) is 12.3 Å². The molecule has 0 aromatic carbocycles. The fraction of sp³-hybridized carbons (Fsp3) is 0.429. The number of alkyl halides is 7. The largest absolute Gasteiger partial charge is 0.496 e. The Hall–Kier alpha value is -2.73. The van der Waals surface area contributed by atoms with Gasteiger partial charge in [-0.1, -0.05) is 0 Å². The number of aryl methyl sites for hydroxylation is 1. The molecule has 0 unspecified atom stereocenters. The highest BCUT2D eigenvalue weighted by atomic mass is 19.4. The van der Waals surface area contributed by atoms with Gasteiger partial charge in [0.25, 0.3) is 0 Å². The molecule has 0 aliphatic carbocycles. The molecule has 0 saturated carbocycles. The smallest absolute Gasteiger partial charge is 0.435 e. The van der Waals surface area contributed by atoms with Crippen molar-refractivity contribution in [2.45, 2.75) is 18.5 Å². The van der Waals surface area contributed by atoms with Crippen LogP contribution >= 0.6 is 0 Å². The number of ether oxygens (including phenoxy) is 3. The standard InChI is InChI=1S/C14H12F7N3O3/c1-24-11(5-8(23-24)14(19,20)21)27-10-4-7(25-2)3-9(22-10)26-6-13(17,18)12(15)16/h3-5,12H,6H2,1-2H3. The zero-order chi connectivity index (χ0) is 20.4. The summed E-state index contributed by atoms with van der Waals surface area (Å²) in [5, 5.41) is 3.22. The van der Waals surface area contributed by atoms with E-state index in [1.54, 1.807) is 0 Å². The average molecular weight is 403 g/mol. The average Bonchev–Trinajstić information content (AvgIpc) is 2.94. The van der Waals surface area contributed by atoms with Gasteiger partial charge in [-0.15, -0.1) is 0 Å². The van der Waals surface area contributed by atoms with E-state index in [4.69, 9.17) is 9.47 Å². The second-order valence-electron chi connectivity index (χ2n) is 5.13. The molecule has 0 fully saturated rings. The summed E-state index contributed by atoms with van der Waals surface area (Å²) in [6.07, 6.45) is -8.66. The molecule has 6 nitrogen and oxygen atoms in total. The summed E-state index contributed by atoms with van der Waals surface area (Å²) >= 11 is 0. The highest BCUT2D eigenvalue weighted by Gasteiger charge is 2.42. The first-order chi connectivity index (χ1) is 12.4. The predicted molar refractivity (Wildman–Crippen MR) is 75.5 cm³/mol. The molecule has 0 N–H and O–H groups in total. The molecule has 0 bridgehead atoms. The molecule has 0 saturated heterocycles. The zero-order valence-corrected chi connectivity index (χ0v) is 13.7. The van der Waals surface area contributed by atoms with E-state index in [2.05, 4.69) is 14.8 Å². The first kappa shape index (κ1) is 20.6. The van der Waals surface area contributed by atoms with Crippen molar-refractivity contribution in [3.8, 4) is 23.4 Å². The number of methoxy groups -OCH3 is 1. The van der Waals surface area contributed by atoms with Crippen LogP contribution in [0.3, 0.4) is 0 Å². The number of aromatic nitrogens is 3. The molecule has 0 spiro atoms. The minimum absolute atomic E-state index is 0.0198. The van der Waals surface area contributed by atoms with Crippen molar-refractivity contribution in [1.29, 1.82) is 0 Å². The van der Waals surface area contributed by atoms with Crippen molar-refractivity contribution >= 4 is 0 Å². The van der Waals surface area contributed by atoms with Gasteiger partial charge < -0.3 is 14.2 Å². The Labute approximate surface area is 147 Å². The van der Waals surface area contributed by atoms with Gasteiger partial charge in [0.1, 0.15) is 5.75 Å². The first-order valence-corrected chi connectivity index (χ1v) is 7.06. The summed E-state index contributed by atoms with van der Waals surface area (Å²) in [5.41, 5.74) is -1.23. The Morgan fingerprint density at radius 1 is 1.07 bits per heavy atom. The van der Waals surface area contributed by atoms with E-state index in [9.17, 15) is 30.7 Å². The van der Waals surface area contributed by atoms with Crippen LogP contribution < -0.4 is 14.2 Å². The van der Waals surface area contributed by atoms with Gasteiger partial charge in [-0.25, -0.2) is 13.5 Å². The van der Waals surface area contributed by atoms with Gasteiger partial charge >= 0.3 is 18.5 Å². The molecule has 13 heteroatoms. The van der Waals surface area contributed by atoms with Crippen LogP contribution in [0, 0.1) is 0 Å². The lowest BCUT2D eigenvalue weighted by atomic mass is 10.4. The van der Waals surface area contributed by atoms with Crippen LogP contribution in [0.4, 0.5) is 30.7 Å². The molecule has 150 valence electrons. The Morgan fingerprint density at radius 3 is 2.22 bits per heavy atom. The monoisotopic (exact) mass is 403 g/mol.